The van der Waals surface area contributed by atoms with E-state index in [9.17, 15) is 0 Å². The molecule has 0 saturated heterocycles. The van der Waals surface area contributed by atoms with Crippen LogP contribution >= 0.6 is 11.6 Å². The molecule has 0 aliphatic heterocycles. The lowest BCUT2D eigenvalue weighted by atomic mass is 10.2. The Morgan fingerprint density at radius 3 is 2.83 bits per heavy atom. The largest absolute Gasteiger partial charge is 0.398 e. The van der Waals surface area contributed by atoms with E-state index in [1.807, 2.05) is 41.1 Å². The van der Waals surface area contributed by atoms with E-state index in [4.69, 9.17) is 17.3 Å². The quantitative estimate of drug-likeness (QED) is 0.719. The van der Waals surface area contributed by atoms with Gasteiger partial charge >= 0.3 is 0 Å². The van der Waals surface area contributed by atoms with Crippen molar-refractivity contribution in [3.8, 4) is 0 Å². The summed E-state index contributed by atoms with van der Waals surface area (Å²) < 4.78 is 1.82. The van der Waals surface area contributed by atoms with E-state index in [0.717, 1.165) is 16.6 Å². The number of aromatic nitrogens is 3. The summed E-state index contributed by atoms with van der Waals surface area (Å²) in [5.41, 5.74) is 8.41. The smallest absolute Gasteiger partial charge is 0.161 e. The van der Waals surface area contributed by atoms with Gasteiger partial charge in [0.15, 0.2) is 5.15 Å². The minimum atomic E-state index is 0.430. The van der Waals surface area contributed by atoms with Gasteiger partial charge in [-0.05, 0) is 24.3 Å². The fraction of sp³-hybridized carbons (Fsp3) is 0.0769. The molecule has 0 atom stereocenters. The van der Waals surface area contributed by atoms with Gasteiger partial charge in [-0.3, -0.25) is 9.67 Å². The lowest BCUT2D eigenvalue weighted by molar-refractivity contribution is 0.697. The van der Waals surface area contributed by atoms with E-state index in [0.29, 0.717) is 17.4 Å². The first-order valence-corrected chi connectivity index (χ1v) is 5.94. The number of rotatable bonds is 2. The molecule has 0 aliphatic rings. The van der Waals surface area contributed by atoms with Crippen LogP contribution in [0.1, 0.15) is 5.69 Å². The van der Waals surface area contributed by atoms with Crippen molar-refractivity contribution in [1.82, 2.24) is 14.8 Å². The van der Waals surface area contributed by atoms with Crippen LogP contribution in [0.25, 0.3) is 10.9 Å². The summed E-state index contributed by atoms with van der Waals surface area (Å²) in [7, 11) is 0. The van der Waals surface area contributed by atoms with Gasteiger partial charge in [-0.2, -0.15) is 5.10 Å². The normalized spacial score (nSPS) is 10.9. The van der Waals surface area contributed by atoms with Crippen LogP contribution in [-0.2, 0) is 6.54 Å². The second kappa shape index (κ2) is 4.31. The molecule has 2 aromatic heterocycles. The van der Waals surface area contributed by atoms with E-state index < -0.39 is 0 Å². The number of hydrogen-bond donors (Lipinski definition) is 1. The second-order valence-electron chi connectivity index (χ2n) is 4.01. The molecule has 2 heterocycles. The van der Waals surface area contributed by atoms with Crippen molar-refractivity contribution in [3.63, 3.8) is 0 Å². The van der Waals surface area contributed by atoms with Gasteiger partial charge in [0.1, 0.15) is 0 Å². The van der Waals surface area contributed by atoms with Crippen LogP contribution in [0.4, 0.5) is 5.69 Å². The fourth-order valence-electron chi connectivity index (χ4n) is 1.97. The molecule has 0 aliphatic carbocycles. The number of nitrogens with zero attached hydrogens (tertiary/aromatic N) is 3. The molecule has 0 radical (unpaired) electrons. The molecule has 0 unspecified atom stereocenters. The van der Waals surface area contributed by atoms with Crippen molar-refractivity contribution < 1.29 is 0 Å². The van der Waals surface area contributed by atoms with Gasteiger partial charge in [0, 0.05) is 11.9 Å². The summed E-state index contributed by atoms with van der Waals surface area (Å²) in [6.45, 7) is 0.577. The highest BCUT2D eigenvalue weighted by molar-refractivity contribution is 6.35. The van der Waals surface area contributed by atoms with Crippen molar-refractivity contribution >= 4 is 28.2 Å². The molecule has 2 N–H and O–H groups in total. The molecule has 0 saturated carbocycles. The van der Waals surface area contributed by atoms with Gasteiger partial charge in [-0.1, -0.05) is 23.7 Å². The monoisotopic (exact) mass is 258 g/mol. The van der Waals surface area contributed by atoms with Crippen LogP contribution in [0.5, 0.6) is 0 Å². The number of halogens is 1. The lowest BCUT2D eigenvalue weighted by Gasteiger charge is -2.03. The van der Waals surface area contributed by atoms with Crippen LogP contribution in [0, 0.1) is 0 Å². The summed E-state index contributed by atoms with van der Waals surface area (Å²) in [4.78, 5) is 4.28. The minimum Gasteiger partial charge on any atom is -0.398 e. The predicted molar refractivity (Wildman–Crippen MR) is 72.5 cm³/mol. The van der Waals surface area contributed by atoms with Gasteiger partial charge in [-0.15, -0.1) is 0 Å². The molecule has 0 fully saturated rings. The Labute approximate surface area is 109 Å². The molecule has 4 nitrogen and oxygen atoms in total. The van der Waals surface area contributed by atoms with Gasteiger partial charge in [-0.25, -0.2) is 0 Å². The molecule has 18 heavy (non-hydrogen) atoms. The van der Waals surface area contributed by atoms with Crippen molar-refractivity contribution in [3.05, 3.63) is 53.4 Å². The van der Waals surface area contributed by atoms with Crippen LogP contribution in [0.2, 0.25) is 5.15 Å². The maximum Gasteiger partial charge on any atom is 0.161 e. The Morgan fingerprint density at radius 2 is 2.06 bits per heavy atom. The average Bonchev–Trinajstić information content (AvgIpc) is 2.69. The first-order valence-electron chi connectivity index (χ1n) is 5.56. The molecule has 0 amide bonds. The van der Waals surface area contributed by atoms with Gasteiger partial charge < -0.3 is 5.73 Å². The molecule has 0 spiro atoms. The van der Waals surface area contributed by atoms with Gasteiger partial charge in [0.05, 0.1) is 23.1 Å². The topological polar surface area (TPSA) is 56.7 Å². The number of hydrogen-bond acceptors (Lipinski definition) is 3. The number of pyridine rings is 1. The molecule has 0 bridgehead atoms. The second-order valence-corrected chi connectivity index (χ2v) is 4.37. The zero-order valence-corrected chi connectivity index (χ0v) is 10.3. The SMILES string of the molecule is Nc1cccc2c1c(Cl)nn2Cc1ccccn1. The Hall–Kier alpha value is -2.07. The van der Waals surface area contributed by atoms with Crippen molar-refractivity contribution in [2.45, 2.75) is 6.54 Å². The molecule has 5 heteroatoms. The predicted octanol–water partition coefficient (Wildman–Crippen LogP) is 2.72. The summed E-state index contributed by atoms with van der Waals surface area (Å²) >= 11 is 6.12. The van der Waals surface area contributed by atoms with E-state index >= 15 is 0 Å². The Balaban J connectivity index is 2.11. The lowest BCUT2D eigenvalue weighted by Crippen LogP contribution is -2.03. The maximum atomic E-state index is 6.12. The standard InChI is InChI=1S/C13H11ClN4/c14-13-12-10(15)5-3-6-11(12)18(17-13)8-9-4-1-2-7-16-9/h1-7H,8,15H2. The number of fused-ring (bicyclic) bond motifs is 1. The average molecular weight is 259 g/mol. The van der Waals surface area contributed by atoms with Crippen molar-refractivity contribution in [2.24, 2.45) is 0 Å². The van der Waals surface area contributed by atoms with E-state index in [2.05, 4.69) is 10.1 Å². The van der Waals surface area contributed by atoms with Gasteiger partial charge in [0.2, 0.25) is 0 Å². The van der Waals surface area contributed by atoms with Crippen molar-refractivity contribution in [2.75, 3.05) is 5.73 Å². The first kappa shape index (κ1) is 11.0. The molecular weight excluding hydrogens is 248 g/mol. The molecule has 1 aromatic carbocycles. The third-order valence-corrected chi connectivity index (χ3v) is 3.07. The van der Waals surface area contributed by atoms with E-state index in [-0.39, 0.29) is 0 Å². The number of anilines is 1. The van der Waals surface area contributed by atoms with Crippen molar-refractivity contribution in [1.29, 1.82) is 0 Å². The Bertz CT molecular complexity index is 691. The maximum absolute atomic E-state index is 6.12. The summed E-state index contributed by atoms with van der Waals surface area (Å²) in [6, 6.07) is 11.5. The van der Waals surface area contributed by atoms with Gasteiger partial charge in [0.25, 0.3) is 0 Å². The Morgan fingerprint density at radius 1 is 1.17 bits per heavy atom. The fourth-order valence-corrected chi connectivity index (χ4v) is 2.27. The number of nitrogen functional groups attached to an aromatic ring is 1. The third kappa shape index (κ3) is 1.80. The highest BCUT2D eigenvalue weighted by Crippen LogP contribution is 2.28. The van der Waals surface area contributed by atoms with Crippen LogP contribution < -0.4 is 5.73 Å². The zero-order valence-electron chi connectivity index (χ0n) is 9.55. The zero-order chi connectivity index (χ0) is 12.5. The van der Waals surface area contributed by atoms with Crippen LogP contribution in [-0.4, -0.2) is 14.8 Å². The highest BCUT2D eigenvalue weighted by atomic mass is 35.5. The molecule has 3 aromatic rings. The number of nitrogens with two attached hydrogens (primary N) is 1. The summed E-state index contributed by atoms with van der Waals surface area (Å²) in [6.07, 6.45) is 1.76. The number of benzene rings is 1. The minimum absolute atomic E-state index is 0.430. The van der Waals surface area contributed by atoms with Crippen LogP contribution in [0.15, 0.2) is 42.6 Å². The first-order chi connectivity index (χ1) is 8.75. The van der Waals surface area contributed by atoms with Crippen LogP contribution in [0.3, 0.4) is 0 Å². The van der Waals surface area contributed by atoms with E-state index in [1.165, 1.54) is 0 Å². The Kier molecular flexibility index (Phi) is 2.64. The molecule has 3 rings (SSSR count). The molecular formula is C13H11ClN4. The van der Waals surface area contributed by atoms with E-state index in [1.54, 1.807) is 6.20 Å². The summed E-state index contributed by atoms with van der Waals surface area (Å²) in [5, 5.41) is 5.54. The highest BCUT2D eigenvalue weighted by Gasteiger charge is 2.11. The summed E-state index contributed by atoms with van der Waals surface area (Å²) in [5.74, 6) is 0. The molecule has 90 valence electrons. The third-order valence-electron chi connectivity index (χ3n) is 2.81.